The van der Waals surface area contributed by atoms with Gasteiger partial charge in [0.05, 0.1) is 7.11 Å². The van der Waals surface area contributed by atoms with Crippen molar-refractivity contribution in [2.24, 2.45) is 0 Å². The highest BCUT2D eigenvalue weighted by Crippen LogP contribution is 2.41. The minimum Gasteiger partial charge on any atom is -0.468 e. The lowest BCUT2D eigenvalue weighted by Crippen LogP contribution is -2.52. The average Bonchev–Trinajstić information content (AvgIpc) is 3.23. The van der Waals surface area contributed by atoms with E-state index in [0.29, 0.717) is 11.3 Å². The van der Waals surface area contributed by atoms with Crippen LogP contribution in [0, 0.1) is 0 Å². The number of rotatable bonds is 6. The highest BCUT2D eigenvalue weighted by Gasteiger charge is 2.48. The van der Waals surface area contributed by atoms with Crippen molar-refractivity contribution >= 4 is 17.7 Å². The predicted molar refractivity (Wildman–Crippen MR) is 86.3 cm³/mol. The lowest BCUT2D eigenvalue weighted by atomic mass is 9.97. The summed E-state index contributed by atoms with van der Waals surface area (Å²) in [6.45, 7) is 0. The van der Waals surface area contributed by atoms with E-state index in [9.17, 15) is 4.79 Å². The van der Waals surface area contributed by atoms with Gasteiger partial charge < -0.3 is 4.74 Å². The number of hydrogen-bond donors (Lipinski definition) is 1. The maximum atomic E-state index is 12.2. The van der Waals surface area contributed by atoms with Crippen LogP contribution in [0.3, 0.4) is 0 Å². The van der Waals surface area contributed by atoms with Crippen molar-refractivity contribution in [3.63, 3.8) is 0 Å². The van der Waals surface area contributed by atoms with Crippen molar-refractivity contribution in [3.05, 3.63) is 35.9 Å². The summed E-state index contributed by atoms with van der Waals surface area (Å²) < 4.78 is 5.07. The molecule has 0 radical (unpaired) electrons. The molecule has 2 saturated carbocycles. The quantitative estimate of drug-likeness (QED) is 0.820. The molecule has 2 fully saturated rings. The van der Waals surface area contributed by atoms with Gasteiger partial charge in [-0.05, 0) is 37.7 Å². The fourth-order valence-corrected chi connectivity index (χ4v) is 4.43. The van der Waals surface area contributed by atoms with Crippen LogP contribution in [-0.2, 0) is 15.3 Å². The van der Waals surface area contributed by atoms with E-state index in [2.05, 4.69) is 29.6 Å². The van der Waals surface area contributed by atoms with E-state index >= 15 is 0 Å². The number of ether oxygens (including phenoxy) is 1. The molecule has 114 valence electrons. The van der Waals surface area contributed by atoms with Gasteiger partial charge in [0.25, 0.3) is 0 Å². The van der Waals surface area contributed by atoms with Gasteiger partial charge in [-0.25, -0.2) is 0 Å². The second-order valence-electron chi connectivity index (χ2n) is 6.15. The Morgan fingerprint density at radius 3 is 2.76 bits per heavy atom. The Morgan fingerprint density at radius 1 is 1.33 bits per heavy atom. The Labute approximate surface area is 130 Å². The van der Waals surface area contributed by atoms with E-state index in [1.807, 2.05) is 17.8 Å². The van der Waals surface area contributed by atoms with Crippen molar-refractivity contribution in [1.82, 2.24) is 5.32 Å². The summed E-state index contributed by atoms with van der Waals surface area (Å²) in [5.41, 5.74) is 0.929. The van der Waals surface area contributed by atoms with E-state index < -0.39 is 5.54 Å². The van der Waals surface area contributed by atoms with Gasteiger partial charge in [0.15, 0.2) is 0 Å². The Kier molecular flexibility index (Phi) is 4.55. The SMILES string of the molecule is COC(=O)C1(NC2CC2)CCC(SCc2ccccc2)C1. The molecule has 2 atom stereocenters. The molecule has 0 amide bonds. The molecule has 1 aromatic rings. The molecule has 4 heteroatoms. The summed E-state index contributed by atoms with van der Waals surface area (Å²) in [4.78, 5) is 12.2. The number of carbonyl (C=O) groups excluding carboxylic acids is 1. The number of esters is 1. The van der Waals surface area contributed by atoms with Gasteiger partial charge in [-0.3, -0.25) is 10.1 Å². The lowest BCUT2D eigenvalue weighted by Gasteiger charge is -2.27. The highest BCUT2D eigenvalue weighted by atomic mass is 32.2. The van der Waals surface area contributed by atoms with Gasteiger partial charge in [0.1, 0.15) is 5.54 Å². The maximum absolute atomic E-state index is 12.2. The minimum absolute atomic E-state index is 0.0720. The monoisotopic (exact) mass is 305 g/mol. The van der Waals surface area contributed by atoms with E-state index in [0.717, 1.165) is 25.0 Å². The third kappa shape index (κ3) is 3.61. The Balaban J connectivity index is 1.58. The summed E-state index contributed by atoms with van der Waals surface area (Å²) in [6.07, 6.45) is 5.28. The zero-order valence-electron chi connectivity index (χ0n) is 12.5. The molecule has 0 spiro atoms. The first-order valence-electron chi connectivity index (χ1n) is 7.73. The largest absolute Gasteiger partial charge is 0.468 e. The van der Waals surface area contributed by atoms with Crippen LogP contribution in [0.1, 0.15) is 37.7 Å². The molecule has 0 heterocycles. The molecule has 2 unspecified atom stereocenters. The number of benzene rings is 1. The summed E-state index contributed by atoms with van der Waals surface area (Å²) in [6, 6.07) is 11.1. The Morgan fingerprint density at radius 2 is 2.10 bits per heavy atom. The molecule has 0 saturated heterocycles. The molecule has 3 nitrogen and oxygen atoms in total. The number of nitrogens with one attached hydrogen (secondary N) is 1. The molecule has 1 N–H and O–H groups in total. The molecule has 3 rings (SSSR count). The van der Waals surface area contributed by atoms with Crippen LogP contribution in [0.2, 0.25) is 0 Å². The van der Waals surface area contributed by atoms with E-state index in [4.69, 9.17) is 4.74 Å². The predicted octanol–water partition coefficient (Wildman–Crippen LogP) is 3.14. The molecular formula is C17H23NO2S. The fraction of sp³-hybridized carbons (Fsp3) is 0.588. The van der Waals surface area contributed by atoms with Crippen LogP contribution < -0.4 is 5.32 Å². The average molecular weight is 305 g/mol. The Hall–Kier alpha value is -1.00. The van der Waals surface area contributed by atoms with Crippen LogP contribution in [0.15, 0.2) is 30.3 Å². The molecule has 2 aliphatic rings. The van der Waals surface area contributed by atoms with Gasteiger partial charge in [-0.1, -0.05) is 30.3 Å². The molecule has 0 bridgehead atoms. The second kappa shape index (κ2) is 6.41. The number of thioether (sulfide) groups is 1. The van der Waals surface area contributed by atoms with Gasteiger partial charge in [0.2, 0.25) is 0 Å². The first-order chi connectivity index (χ1) is 10.2. The van der Waals surface area contributed by atoms with Crippen molar-refractivity contribution < 1.29 is 9.53 Å². The summed E-state index contributed by atoms with van der Waals surface area (Å²) in [7, 11) is 1.50. The molecule has 2 aliphatic carbocycles. The van der Waals surface area contributed by atoms with Crippen molar-refractivity contribution in [2.75, 3.05) is 7.11 Å². The van der Waals surface area contributed by atoms with Crippen LogP contribution in [0.25, 0.3) is 0 Å². The standard InChI is InChI=1S/C17H23NO2S/c1-20-16(19)17(18-14-7-8-14)10-9-15(11-17)21-12-13-5-3-2-4-6-13/h2-6,14-15,18H,7-12H2,1H3. The summed E-state index contributed by atoms with van der Waals surface area (Å²) in [5.74, 6) is 0.948. The minimum atomic E-state index is -0.426. The zero-order chi connectivity index (χ0) is 14.7. The van der Waals surface area contributed by atoms with Crippen LogP contribution >= 0.6 is 11.8 Å². The third-order valence-electron chi connectivity index (χ3n) is 4.43. The van der Waals surface area contributed by atoms with E-state index in [1.165, 1.54) is 25.5 Å². The van der Waals surface area contributed by atoms with E-state index in [1.54, 1.807) is 0 Å². The first kappa shape index (κ1) is 14.9. The number of hydrogen-bond acceptors (Lipinski definition) is 4. The van der Waals surface area contributed by atoms with Crippen molar-refractivity contribution in [1.29, 1.82) is 0 Å². The van der Waals surface area contributed by atoms with Crippen LogP contribution in [-0.4, -0.2) is 29.9 Å². The zero-order valence-corrected chi connectivity index (χ0v) is 13.3. The highest BCUT2D eigenvalue weighted by molar-refractivity contribution is 7.99. The summed E-state index contributed by atoms with van der Waals surface area (Å²) in [5, 5.41) is 4.09. The molecule has 0 aromatic heterocycles. The van der Waals surface area contributed by atoms with Crippen molar-refractivity contribution in [3.8, 4) is 0 Å². The third-order valence-corrected chi connectivity index (χ3v) is 5.81. The van der Waals surface area contributed by atoms with Gasteiger partial charge in [0, 0.05) is 17.0 Å². The second-order valence-corrected chi connectivity index (χ2v) is 7.44. The van der Waals surface area contributed by atoms with Crippen LogP contribution in [0.5, 0.6) is 0 Å². The molecule has 1 aromatic carbocycles. The normalized spacial score (nSPS) is 28.5. The Bertz CT molecular complexity index is 489. The van der Waals surface area contributed by atoms with E-state index in [-0.39, 0.29) is 5.97 Å². The number of methoxy groups -OCH3 is 1. The topological polar surface area (TPSA) is 38.3 Å². The first-order valence-corrected chi connectivity index (χ1v) is 8.78. The fourth-order valence-electron chi connectivity index (χ4n) is 3.12. The van der Waals surface area contributed by atoms with Gasteiger partial charge in [-0.2, -0.15) is 11.8 Å². The van der Waals surface area contributed by atoms with Gasteiger partial charge >= 0.3 is 5.97 Å². The van der Waals surface area contributed by atoms with Gasteiger partial charge in [-0.15, -0.1) is 0 Å². The maximum Gasteiger partial charge on any atom is 0.326 e. The van der Waals surface area contributed by atoms with Crippen molar-refractivity contribution in [2.45, 2.75) is 54.7 Å². The summed E-state index contributed by atoms with van der Waals surface area (Å²) >= 11 is 1.97. The number of carbonyl (C=O) groups is 1. The smallest absolute Gasteiger partial charge is 0.326 e. The lowest BCUT2D eigenvalue weighted by molar-refractivity contribution is -0.148. The molecule has 21 heavy (non-hydrogen) atoms. The molecule has 0 aliphatic heterocycles. The molecular weight excluding hydrogens is 282 g/mol. The van der Waals surface area contributed by atoms with Crippen LogP contribution in [0.4, 0.5) is 0 Å².